The fraction of sp³-hybridized carbons (Fsp3) is 0.923. The van der Waals surface area contributed by atoms with E-state index in [9.17, 15) is 4.79 Å². The summed E-state index contributed by atoms with van der Waals surface area (Å²) < 4.78 is 0. The quantitative estimate of drug-likeness (QED) is 0.850. The fourth-order valence-electron chi connectivity index (χ4n) is 2.48. The van der Waals surface area contributed by atoms with Gasteiger partial charge in [0.25, 0.3) is 0 Å². The molecule has 1 saturated heterocycles. The molecule has 0 spiro atoms. The Morgan fingerprint density at radius 1 is 1.47 bits per heavy atom. The second-order valence-corrected chi connectivity index (χ2v) is 6.33. The minimum absolute atomic E-state index is 0. The van der Waals surface area contributed by atoms with E-state index in [-0.39, 0.29) is 24.4 Å². The zero-order valence-electron chi connectivity index (χ0n) is 11.5. The van der Waals surface area contributed by atoms with Crippen molar-refractivity contribution < 1.29 is 4.79 Å². The molecule has 0 saturated carbocycles. The van der Waals surface area contributed by atoms with Crippen molar-refractivity contribution in [2.75, 3.05) is 6.54 Å². The van der Waals surface area contributed by atoms with Crippen LogP contribution in [0, 0.1) is 5.41 Å². The van der Waals surface area contributed by atoms with E-state index in [4.69, 9.17) is 5.73 Å². The van der Waals surface area contributed by atoms with Crippen molar-refractivity contribution in [3.63, 3.8) is 0 Å². The summed E-state index contributed by atoms with van der Waals surface area (Å²) >= 11 is 0. The summed E-state index contributed by atoms with van der Waals surface area (Å²) in [7, 11) is 0. The van der Waals surface area contributed by atoms with Crippen molar-refractivity contribution in [1.29, 1.82) is 0 Å². The maximum absolute atomic E-state index is 12.0. The normalized spacial score (nSPS) is 22.2. The van der Waals surface area contributed by atoms with Crippen molar-refractivity contribution in [3.05, 3.63) is 0 Å². The molecular formula is C13H27ClN2O. The van der Waals surface area contributed by atoms with Gasteiger partial charge in [0, 0.05) is 25.0 Å². The molecule has 4 heteroatoms. The molecule has 0 aliphatic carbocycles. The molecule has 17 heavy (non-hydrogen) atoms. The highest BCUT2D eigenvalue weighted by Crippen LogP contribution is 2.30. The van der Waals surface area contributed by atoms with Gasteiger partial charge in [0.1, 0.15) is 0 Å². The van der Waals surface area contributed by atoms with Gasteiger partial charge in [-0.25, -0.2) is 0 Å². The van der Waals surface area contributed by atoms with E-state index in [1.54, 1.807) is 0 Å². The minimum Gasteiger partial charge on any atom is -0.340 e. The highest BCUT2D eigenvalue weighted by molar-refractivity contribution is 5.85. The molecule has 0 aromatic rings. The van der Waals surface area contributed by atoms with Crippen molar-refractivity contribution >= 4 is 18.3 Å². The summed E-state index contributed by atoms with van der Waals surface area (Å²) in [6.45, 7) is 9.53. The molecule has 0 bridgehead atoms. The van der Waals surface area contributed by atoms with Gasteiger partial charge in [0.15, 0.2) is 0 Å². The second-order valence-electron chi connectivity index (χ2n) is 6.33. The smallest absolute Gasteiger partial charge is 0.224 e. The van der Waals surface area contributed by atoms with Gasteiger partial charge in [-0.2, -0.15) is 0 Å². The zero-order chi connectivity index (χ0) is 12.3. The summed E-state index contributed by atoms with van der Waals surface area (Å²) in [5.41, 5.74) is 5.98. The summed E-state index contributed by atoms with van der Waals surface area (Å²) in [5.74, 6) is 0.238. The molecule has 2 atom stereocenters. The zero-order valence-corrected chi connectivity index (χ0v) is 12.3. The SMILES string of the molecule is CC(N)CC(=O)N1CCCC1CC(C)(C)C.Cl. The maximum Gasteiger partial charge on any atom is 0.224 e. The van der Waals surface area contributed by atoms with Crippen LogP contribution in [0.5, 0.6) is 0 Å². The monoisotopic (exact) mass is 262 g/mol. The van der Waals surface area contributed by atoms with Crippen LogP contribution in [0.3, 0.4) is 0 Å². The summed E-state index contributed by atoms with van der Waals surface area (Å²) in [4.78, 5) is 14.0. The molecule has 1 aliphatic heterocycles. The lowest BCUT2D eigenvalue weighted by Crippen LogP contribution is -2.39. The van der Waals surface area contributed by atoms with Gasteiger partial charge in [-0.15, -0.1) is 12.4 Å². The summed E-state index contributed by atoms with van der Waals surface area (Å²) in [6, 6.07) is 0.412. The van der Waals surface area contributed by atoms with Crippen LogP contribution >= 0.6 is 12.4 Å². The Hall–Kier alpha value is -0.280. The van der Waals surface area contributed by atoms with E-state index in [2.05, 4.69) is 25.7 Å². The molecule has 1 aliphatic rings. The number of carbonyl (C=O) groups excluding carboxylic acids is 1. The molecular weight excluding hydrogens is 236 g/mol. The van der Waals surface area contributed by atoms with Crippen LogP contribution in [0.4, 0.5) is 0 Å². The molecule has 1 fully saturated rings. The second kappa shape index (κ2) is 6.60. The van der Waals surface area contributed by atoms with Gasteiger partial charge in [-0.1, -0.05) is 20.8 Å². The van der Waals surface area contributed by atoms with E-state index in [1.807, 2.05) is 6.92 Å². The van der Waals surface area contributed by atoms with Gasteiger partial charge in [0.2, 0.25) is 5.91 Å². The Balaban J connectivity index is 0.00000256. The van der Waals surface area contributed by atoms with E-state index in [0.29, 0.717) is 17.9 Å². The first-order valence-electron chi connectivity index (χ1n) is 6.34. The highest BCUT2D eigenvalue weighted by Gasteiger charge is 2.31. The van der Waals surface area contributed by atoms with Gasteiger partial charge in [-0.05, 0) is 31.6 Å². The van der Waals surface area contributed by atoms with Crippen LogP contribution in [0.1, 0.15) is 53.4 Å². The van der Waals surface area contributed by atoms with Gasteiger partial charge in [-0.3, -0.25) is 4.79 Å². The Morgan fingerprint density at radius 3 is 2.53 bits per heavy atom. The molecule has 2 N–H and O–H groups in total. The molecule has 1 rings (SSSR count). The predicted molar refractivity (Wildman–Crippen MR) is 74.3 cm³/mol. The molecule has 1 heterocycles. The van der Waals surface area contributed by atoms with Crippen LogP contribution < -0.4 is 5.73 Å². The Bertz CT molecular complexity index is 248. The van der Waals surface area contributed by atoms with Gasteiger partial charge >= 0.3 is 0 Å². The highest BCUT2D eigenvalue weighted by atomic mass is 35.5. The summed E-state index contributed by atoms with van der Waals surface area (Å²) in [6.07, 6.45) is 3.88. The lowest BCUT2D eigenvalue weighted by atomic mass is 9.87. The lowest BCUT2D eigenvalue weighted by Gasteiger charge is -2.30. The van der Waals surface area contributed by atoms with E-state index < -0.39 is 0 Å². The van der Waals surface area contributed by atoms with E-state index in [0.717, 1.165) is 25.8 Å². The largest absolute Gasteiger partial charge is 0.340 e. The number of nitrogens with zero attached hydrogens (tertiary/aromatic N) is 1. The number of amides is 1. The Labute approximate surface area is 112 Å². The number of likely N-dealkylation sites (tertiary alicyclic amines) is 1. The maximum atomic E-state index is 12.0. The van der Waals surface area contributed by atoms with Crippen molar-refractivity contribution in [1.82, 2.24) is 4.90 Å². The fourth-order valence-corrected chi connectivity index (χ4v) is 2.48. The summed E-state index contributed by atoms with van der Waals surface area (Å²) in [5, 5.41) is 0. The average Bonchev–Trinajstić information content (AvgIpc) is 2.47. The molecule has 3 nitrogen and oxygen atoms in total. The average molecular weight is 263 g/mol. The predicted octanol–water partition coefficient (Wildman–Crippen LogP) is 2.57. The van der Waals surface area contributed by atoms with Crippen LogP contribution in [-0.4, -0.2) is 29.4 Å². The lowest BCUT2D eigenvalue weighted by molar-refractivity contribution is -0.132. The molecule has 1 amide bonds. The van der Waals surface area contributed by atoms with Crippen LogP contribution in [0.15, 0.2) is 0 Å². The topological polar surface area (TPSA) is 46.3 Å². The van der Waals surface area contributed by atoms with Gasteiger partial charge in [0.05, 0.1) is 0 Å². The molecule has 0 radical (unpaired) electrons. The molecule has 0 aromatic carbocycles. The van der Waals surface area contributed by atoms with E-state index >= 15 is 0 Å². The standard InChI is InChI=1S/C13H26N2O.ClH/c1-10(14)8-12(16)15-7-5-6-11(15)9-13(2,3)4;/h10-11H,5-9,14H2,1-4H3;1H. The minimum atomic E-state index is -0.0246. The number of hydrogen-bond donors (Lipinski definition) is 1. The number of hydrogen-bond acceptors (Lipinski definition) is 2. The first-order chi connectivity index (χ1) is 7.29. The molecule has 0 aromatic heterocycles. The molecule has 2 unspecified atom stereocenters. The number of halogens is 1. The number of rotatable bonds is 3. The van der Waals surface area contributed by atoms with Crippen LogP contribution in [0.2, 0.25) is 0 Å². The van der Waals surface area contributed by atoms with Crippen molar-refractivity contribution in [2.24, 2.45) is 11.1 Å². The first-order valence-corrected chi connectivity index (χ1v) is 6.34. The third-order valence-corrected chi connectivity index (χ3v) is 3.04. The molecule has 102 valence electrons. The third-order valence-electron chi connectivity index (χ3n) is 3.04. The van der Waals surface area contributed by atoms with E-state index in [1.165, 1.54) is 0 Å². The van der Waals surface area contributed by atoms with Crippen molar-refractivity contribution in [3.8, 4) is 0 Å². The van der Waals surface area contributed by atoms with Crippen LogP contribution in [0.25, 0.3) is 0 Å². The van der Waals surface area contributed by atoms with Gasteiger partial charge < -0.3 is 10.6 Å². The Kier molecular flexibility index (Phi) is 6.49. The van der Waals surface area contributed by atoms with Crippen molar-refractivity contribution in [2.45, 2.75) is 65.5 Å². The number of nitrogens with two attached hydrogens (primary N) is 1. The first kappa shape index (κ1) is 16.7. The Morgan fingerprint density at radius 2 is 2.06 bits per heavy atom. The van der Waals surface area contributed by atoms with Crippen LogP contribution in [-0.2, 0) is 4.79 Å². The number of carbonyl (C=O) groups is 1. The third kappa shape index (κ3) is 5.73.